The lowest BCUT2D eigenvalue weighted by Crippen LogP contribution is -2.38. The van der Waals surface area contributed by atoms with Crippen LogP contribution in [-0.2, 0) is 0 Å². The van der Waals surface area contributed by atoms with E-state index in [0.717, 1.165) is 24.3 Å². The maximum atomic E-state index is 6.33. The molecule has 3 heterocycles. The molecule has 148 valence electrons. The lowest BCUT2D eigenvalue weighted by atomic mass is 10.0. The molecule has 3 aromatic rings. The Morgan fingerprint density at radius 3 is 2.69 bits per heavy atom. The summed E-state index contributed by atoms with van der Waals surface area (Å²) in [6, 6.07) is 15.8. The number of hydrogen-bond donors (Lipinski definition) is 2. The number of rotatable bonds is 5. The molecule has 0 radical (unpaired) electrons. The van der Waals surface area contributed by atoms with Crippen molar-refractivity contribution in [2.24, 2.45) is 10.7 Å². The maximum absolute atomic E-state index is 6.33. The van der Waals surface area contributed by atoms with E-state index in [-0.39, 0.29) is 5.54 Å². The number of pyridine rings is 1. The van der Waals surface area contributed by atoms with Gasteiger partial charge in [-0.1, -0.05) is 36.4 Å². The van der Waals surface area contributed by atoms with E-state index in [4.69, 9.17) is 15.7 Å². The van der Waals surface area contributed by atoms with Crippen LogP contribution in [-0.4, -0.2) is 32.7 Å². The summed E-state index contributed by atoms with van der Waals surface area (Å²) < 4.78 is 0. The largest absolute Gasteiger partial charge is 0.398 e. The molecule has 4 rings (SSSR count). The van der Waals surface area contributed by atoms with Gasteiger partial charge in [0.05, 0.1) is 0 Å². The lowest BCUT2D eigenvalue weighted by molar-refractivity contribution is 0.514. The van der Waals surface area contributed by atoms with E-state index in [1.165, 1.54) is 6.42 Å². The minimum atomic E-state index is 0.108. The van der Waals surface area contributed by atoms with Gasteiger partial charge < -0.3 is 15.6 Å². The molecule has 0 aliphatic carbocycles. The fraction of sp³-hybridized carbons (Fsp3) is 0.261. The van der Waals surface area contributed by atoms with Crippen LogP contribution in [0.1, 0.15) is 38.1 Å². The predicted octanol–water partition coefficient (Wildman–Crippen LogP) is 4.30. The van der Waals surface area contributed by atoms with Gasteiger partial charge in [-0.15, -0.1) is 0 Å². The number of imidazole rings is 1. The fourth-order valence-electron chi connectivity index (χ4n) is 3.70. The molecule has 29 heavy (non-hydrogen) atoms. The summed E-state index contributed by atoms with van der Waals surface area (Å²) in [6.45, 7) is 5.53. The first kappa shape index (κ1) is 18.9. The summed E-state index contributed by atoms with van der Waals surface area (Å²) in [7, 11) is 0. The Morgan fingerprint density at radius 2 is 2.00 bits per heavy atom. The summed E-state index contributed by atoms with van der Waals surface area (Å²) in [5.74, 6) is 2.24. The van der Waals surface area contributed by atoms with Crippen molar-refractivity contribution in [3.8, 4) is 0 Å². The van der Waals surface area contributed by atoms with Crippen molar-refractivity contribution in [3.63, 3.8) is 0 Å². The molecular formula is C23H26N6. The Balaban J connectivity index is 1.72. The monoisotopic (exact) mass is 386 g/mol. The number of nitrogens with one attached hydrogen (secondary N) is 1. The van der Waals surface area contributed by atoms with E-state index in [9.17, 15) is 0 Å². The van der Waals surface area contributed by atoms with Gasteiger partial charge in [0.15, 0.2) is 11.6 Å². The number of allylic oxidation sites excluding steroid dienone is 1. The first-order valence-electron chi connectivity index (χ1n) is 9.89. The van der Waals surface area contributed by atoms with E-state index in [0.29, 0.717) is 23.1 Å². The minimum Gasteiger partial charge on any atom is -0.398 e. The van der Waals surface area contributed by atoms with Crippen LogP contribution < -0.4 is 10.6 Å². The molecule has 1 aromatic carbocycles. The average Bonchev–Trinajstić information content (AvgIpc) is 3.38. The summed E-state index contributed by atoms with van der Waals surface area (Å²) in [5.41, 5.74) is 8.64. The number of hydrogen-bond acceptors (Lipinski definition) is 5. The number of nitrogens with zero attached hydrogens (tertiary/aromatic N) is 4. The highest BCUT2D eigenvalue weighted by atomic mass is 15.3. The second-order valence-corrected chi connectivity index (χ2v) is 7.82. The van der Waals surface area contributed by atoms with Crippen LogP contribution >= 0.6 is 0 Å². The van der Waals surface area contributed by atoms with E-state index >= 15 is 0 Å². The zero-order chi connectivity index (χ0) is 20.3. The maximum Gasteiger partial charge on any atom is 0.156 e. The van der Waals surface area contributed by atoms with Crippen LogP contribution in [0.2, 0.25) is 0 Å². The van der Waals surface area contributed by atoms with Crippen LogP contribution in [0.25, 0.3) is 5.70 Å². The van der Waals surface area contributed by atoms with E-state index in [2.05, 4.69) is 28.7 Å². The molecule has 0 spiro atoms. The first-order chi connectivity index (χ1) is 14.0. The van der Waals surface area contributed by atoms with Crippen LogP contribution in [0.4, 0.5) is 11.6 Å². The van der Waals surface area contributed by atoms with Crippen molar-refractivity contribution in [2.45, 2.75) is 32.2 Å². The van der Waals surface area contributed by atoms with Crippen LogP contribution in [0.5, 0.6) is 0 Å². The standard InChI is InChI=1S/C23H26N6/c1-23(2)12-7-15-29(23)21-11-6-10-20(28-21)27-19(22-25-13-14-26-22)16-18(24)17-8-4-3-5-9-17/h3-6,8-11,13-14,16H,7,12,15,24H2,1-2H3,(H,25,26)/b18-16-,27-19?. The summed E-state index contributed by atoms with van der Waals surface area (Å²) in [5, 5.41) is 0. The second kappa shape index (κ2) is 7.91. The molecule has 2 aromatic heterocycles. The molecule has 1 aliphatic heterocycles. The highest BCUT2D eigenvalue weighted by Crippen LogP contribution is 2.33. The molecule has 6 nitrogen and oxygen atoms in total. The molecule has 0 saturated carbocycles. The number of aromatic nitrogens is 3. The zero-order valence-electron chi connectivity index (χ0n) is 16.8. The minimum absolute atomic E-state index is 0.108. The third-order valence-electron chi connectivity index (χ3n) is 5.27. The number of nitrogens with two attached hydrogens (primary N) is 1. The third kappa shape index (κ3) is 4.21. The highest BCUT2D eigenvalue weighted by molar-refractivity contribution is 6.10. The van der Waals surface area contributed by atoms with Gasteiger partial charge in [-0.3, -0.25) is 0 Å². The molecule has 1 saturated heterocycles. The molecule has 1 aliphatic rings. The summed E-state index contributed by atoms with van der Waals surface area (Å²) in [6.07, 6.45) is 7.65. The first-order valence-corrected chi connectivity index (χ1v) is 9.89. The zero-order valence-corrected chi connectivity index (χ0v) is 16.8. The van der Waals surface area contributed by atoms with E-state index in [1.54, 1.807) is 12.4 Å². The number of H-pyrrole nitrogens is 1. The number of aliphatic imine (C=N–C) groups is 1. The topological polar surface area (TPSA) is 83.2 Å². The van der Waals surface area contributed by atoms with Gasteiger partial charge >= 0.3 is 0 Å². The molecule has 0 atom stereocenters. The molecule has 0 unspecified atom stereocenters. The molecule has 3 N–H and O–H groups in total. The van der Waals surface area contributed by atoms with Crippen molar-refractivity contribution in [3.05, 3.63) is 78.4 Å². The third-order valence-corrected chi connectivity index (χ3v) is 5.27. The Kier molecular flexibility index (Phi) is 5.16. The fourth-order valence-corrected chi connectivity index (χ4v) is 3.70. The van der Waals surface area contributed by atoms with Gasteiger partial charge in [-0.05, 0) is 50.5 Å². The van der Waals surface area contributed by atoms with Gasteiger partial charge in [0.1, 0.15) is 11.5 Å². The predicted molar refractivity (Wildman–Crippen MR) is 118 cm³/mol. The van der Waals surface area contributed by atoms with Crippen molar-refractivity contribution in [1.82, 2.24) is 15.0 Å². The quantitative estimate of drug-likeness (QED) is 0.640. The van der Waals surface area contributed by atoms with Crippen LogP contribution in [0.15, 0.2) is 72.0 Å². The van der Waals surface area contributed by atoms with Crippen molar-refractivity contribution in [1.29, 1.82) is 0 Å². The lowest BCUT2D eigenvalue weighted by Gasteiger charge is -2.32. The van der Waals surface area contributed by atoms with Crippen LogP contribution in [0, 0.1) is 0 Å². The molecule has 0 bridgehead atoms. The normalized spacial score (nSPS) is 17.0. The van der Waals surface area contributed by atoms with Crippen molar-refractivity contribution in [2.75, 3.05) is 11.4 Å². The molecule has 6 heteroatoms. The molecule has 1 fully saturated rings. The van der Waals surface area contributed by atoms with Gasteiger partial charge in [-0.2, -0.15) is 0 Å². The van der Waals surface area contributed by atoms with E-state index < -0.39 is 0 Å². The Morgan fingerprint density at radius 1 is 1.17 bits per heavy atom. The Bertz CT molecular complexity index is 1020. The van der Waals surface area contributed by atoms with Gasteiger partial charge in [0, 0.05) is 30.2 Å². The highest BCUT2D eigenvalue weighted by Gasteiger charge is 2.32. The smallest absolute Gasteiger partial charge is 0.156 e. The Labute approximate surface area is 171 Å². The average molecular weight is 387 g/mol. The molecular weight excluding hydrogens is 360 g/mol. The van der Waals surface area contributed by atoms with Gasteiger partial charge in [0.2, 0.25) is 0 Å². The number of aromatic amines is 1. The molecule has 0 amide bonds. The van der Waals surface area contributed by atoms with Crippen molar-refractivity contribution < 1.29 is 0 Å². The Hall–Kier alpha value is -3.41. The number of benzene rings is 1. The van der Waals surface area contributed by atoms with E-state index in [1.807, 2.05) is 54.6 Å². The van der Waals surface area contributed by atoms with Gasteiger partial charge in [0.25, 0.3) is 0 Å². The summed E-state index contributed by atoms with van der Waals surface area (Å²) in [4.78, 5) is 19.4. The second-order valence-electron chi connectivity index (χ2n) is 7.82. The van der Waals surface area contributed by atoms with Crippen LogP contribution in [0.3, 0.4) is 0 Å². The van der Waals surface area contributed by atoms with Crippen molar-refractivity contribution >= 4 is 23.0 Å². The summed E-state index contributed by atoms with van der Waals surface area (Å²) >= 11 is 0. The SMILES string of the molecule is CC1(C)CCCN1c1cccc(N=C(/C=C(\N)c2ccccc2)c2ncc[nH]2)n1. The van der Waals surface area contributed by atoms with Gasteiger partial charge in [-0.25, -0.2) is 15.0 Å². The number of anilines is 1.